The van der Waals surface area contributed by atoms with Crippen LogP contribution >= 0.6 is 0 Å². The van der Waals surface area contributed by atoms with Crippen molar-refractivity contribution in [1.29, 1.82) is 0 Å². The zero-order valence-electron chi connectivity index (χ0n) is 29.3. The monoisotopic (exact) mass is 668 g/mol. The summed E-state index contributed by atoms with van der Waals surface area (Å²) in [5.41, 5.74) is 9.58. The molecule has 4 heteroatoms. The van der Waals surface area contributed by atoms with Gasteiger partial charge in [0, 0.05) is 0 Å². The number of rotatable bonds is 12. The quantitative estimate of drug-likeness (QED) is 0.191. The molecule has 0 radical (unpaired) electrons. The van der Waals surface area contributed by atoms with Crippen LogP contribution in [0.25, 0.3) is 0 Å². The summed E-state index contributed by atoms with van der Waals surface area (Å²) >= 11 is -2.77. The minimum atomic E-state index is -2.77. The fraction of sp³-hybridized carbons (Fsp3) is 0.450. The number of para-hydroxylation sites is 2. The molecule has 234 valence electrons. The van der Waals surface area contributed by atoms with Crippen LogP contribution in [0.4, 0.5) is 11.4 Å². The second-order valence-electron chi connectivity index (χ2n) is 14.2. The Morgan fingerprint density at radius 3 is 1.59 bits per heavy atom. The number of ether oxygens (including phenoxy) is 1. The first-order chi connectivity index (χ1) is 20.8. The Morgan fingerprint density at radius 2 is 1.18 bits per heavy atom. The van der Waals surface area contributed by atoms with Crippen LogP contribution in [0.1, 0.15) is 75.3 Å². The molecule has 3 aromatic carbocycles. The number of hydrogen-bond donors (Lipinski definition) is 0. The molecule has 0 aromatic heterocycles. The summed E-state index contributed by atoms with van der Waals surface area (Å²) in [5.74, 6) is 1.09. The van der Waals surface area contributed by atoms with E-state index in [1.165, 1.54) is 45.7 Å². The first kappa shape index (κ1) is 34.5. The van der Waals surface area contributed by atoms with Gasteiger partial charge in [-0.15, -0.1) is 0 Å². The number of anilines is 2. The molecule has 0 atom stereocenters. The van der Waals surface area contributed by atoms with Crippen molar-refractivity contribution in [3.63, 3.8) is 0 Å². The summed E-state index contributed by atoms with van der Waals surface area (Å²) in [6, 6.07) is 23.0. The normalized spacial score (nSPS) is 14.2. The molecule has 3 aromatic rings. The number of methoxy groups -OCH3 is 1. The molecule has 4 rings (SSSR count). The molecule has 0 spiro atoms. The third kappa shape index (κ3) is 6.47. The van der Waals surface area contributed by atoms with Crippen molar-refractivity contribution in [3.05, 3.63) is 113 Å². The van der Waals surface area contributed by atoms with Gasteiger partial charge in [0.1, 0.15) is 0 Å². The third-order valence-corrected chi connectivity index (χ3v) is 20.4. The Labute approximate surface area is 279 Å². The Morgan fingerprint density at radius 1 is 0.727 bits per heavy atom. The molecule has 0 fully saturated rings. The molecule has 1 aliphatic carbocycles. The average molecular weight is 669 g/mol. The van der Waals surface area contributed by atoms with Gasteiger partial charge in [-0.2, -0.15) is 0 Å². The van der Waals surface area contributed by atoms with Crippen molar-refractivity contribution in [3.8, 4) is 5.75 Å². The standard InChI is InChI=1S/C22H31O.2C9H12N.Y/c1-8-22(9-2,17-12-10-11-13-17)19-15-16(3)14-18(20(19)23-7)21(4,5)6;2*1-8-6-4-5-7-9(8)10(2)3;/h10-15H,8-9H2,1-7H3;2*4-7H,1H2,2-3H3;. The molecule has 0 aliphatic heterocycles. The number of benzene rings is 3. The molecule has 0 amide bonds. The third-order valence-electron chi connectivity index (χ3n) is 10.2. The number of hydrogen-bond acceptors (Lipinski definition) is 3. The van der Waals surface area contributed by atoms with E-state index in [2.05, 4.69) is 165 Å². The molecule has 0 saturated heterocycles. The Bertz CT molecular complexity index is 1420. The van der Waals surface area contributed by atoms with Crippen LogP contribution in [-0.4, -0.2) is 35.3 Å². The molecule has 1 aliphatic rings. The van der Waals surface area contributed by atoms with E-state index in [4.69, 9.17) is 4.74 Å². The van der Waals surface area contributed by atoms with Crippen LogP contribution in [0.3, 0.4) is 0 Å². The van der Waals surface area contributed by atoms with E-state index >= 15 is 0 Å². The van der Waals surface area contributed by atoms with Crippen LogP contribution in [0, 0.1) is 6.92 Å². The van der Waals surface area contributed by atoms with Crippen molar-refractivity contribution in [1.82, 2.24) is 0 Å². The summed E-state index contributed by atoms with van der Waals surface area (Å²) in [5, 5.41) is 0. The number of aryl methyl sites for hydroxylation is 1. The van der Waals surface area contributed by atoms with Crippen molar-refractivity contribution >= 4 is 11.4 Å². The summed E-state index contributed by atoms with van der Waals surface area (Å²) in [6.07, 6.45) is 12.1. The van der Waals surface area contributed by atoms with Gasteiger partial charge < -0.3 is 0 Å². The maximum atomic E-state index is 6.45. The van der Waals surface area contributed by atoms with Crippen molar-refractivity contribution in [2.24, 2.45) is 0 Å². The van der Waals surface area contributed by atoms with Gasteiger partial charge >= 0.3 is 281 Å². The zero-order chi connectivity index (χ0) is 32.3. The first-order valence-corrected chi connectivity index (χ1v) is 21.9. The van der Waals surface area contributed by atoms with E-state index in [0.29, 0.717) is 0 Å². The summed E-state index contributed by atoms with van der Waals surface area (Å²) in [4.78, 5) is 4.59. The predicted octanol–water partition coefficient (Wildman–Crippen LogP) is 9.79. The van der Waals surface area contributed by atoms with Gasteiger partial charge in [-0.25, -0.2) is 0 Å². The van der Waals surface area contributed by atoms with Gasteiger partial charge in [0.05, 0.1) is 0 Å². The Kier molecular flexibility index (Phi) is 11.0. The molecule has 0 unspecified atom stereocenters. The van der Waals surface area contributed by atoms with Crippen LogP contribution in [-0.2, 0) is 44.7 Å². The van der Waals surface area contributed by atoms with Crippen molar-refractivity contribution in [2.75, 3.05) is 45.1 Å². The van der Waals surface area contributed by atoms with E-state index in [0.717, 1.165) is 18.6 Å². The molecule has 0 N–H and O–H groups in total. The predicted molar refractivity (Wildman–Crippen MR) is 189 cm³/mol. The molecule has 44 heavy (non-hydrogen) atoms. The van der Waals surface area contributed by atoms with Gasteiger partial charge in [-0.1, -0.05) is 0 Å². The second kappa shape index (κ2) is 14.0. The average Bonchev–Trinajstić information content (AvgIpc) is 3.49. The molecular weight excluding hydrogens is 613 g/mol. The van der Waals surface area contributed by atoms with Gasteiger partial charge in [-0.3, -0.25) is 0 Å². The van der Waals surface area contributed by atoms with Crippen LogP contribution in [0.5, 0.6) is 5.75 Å². The van der Waals surface area contributed by atoms with Crippen molar-refractivity contribution in [2.45, 2.75) is 73.9 Å². The van der Waals surface area contributed by atoms with Crippen molar-refractivity contribution < 1.29 is 32.2 Å². The summed E-state index contributed by atoms with van der Waals surface area (Å²) in [6.45, 7) is 14.1. The summed E-state index contributed by atoms with van der Waals surface area (Å²) < 4.78 is 8.78. The Hall–Kier alpha value is -2.36. The zero-order valence-corrected chi connectivity index (χ0v) is 32.1. The fourth-order valence-electron chi connectivity index (χ4n) is 8.03. The van der Waals surface area contributed by atoms with Gasteiger partial charge in [0.25, 0.3) is 0 Å². The van der Waals surface area contributed by atoms with Crippen LogP contribution < -0.4 is 14.5 Å². The molecular formula is C40H55N2OY. The van der Waals surface area contributed by atoms with Gasteiger partial charge in [-0.05, 0) is 0 Å². The summed E-state index contributed by atoms with van der Waals surface area (Å²) in [7, 11) is 10.6. The fourth-order valence-corrected chi connectivity index (χ4v) is 19.5. The maximum absolute atomic E-state index is 6.45. The first-order valence-electron chi connectivity index (χ1n) is 16.4. The Balaban J connectivity index is 2.05. The van der Waals surface area contributed by atoms with E-state index in [9.17, 15) is 0 Å². The molecule has 0 saturated carbocycles. The van der Waals surface area contributed by atoms with Gasteiger partial charge in [0.2, 0.25) is 0 Å². The van der Waals surface area contributed by atoms with E-state index in [1.54, 1.807) is 0 Å². The van der Waals surface area contributed by atoms with E-state index < -0.39 is 27.4 Å². The minimum absolute atomic E-state index is 0.0206. The molecule has 0 heterocycles. The molecule has 3 nitrogen and oxygen atoms in total. The van der Waals surface area contributed by atoms with Crippen LogP contribution in [0.2, 0.25) is 2.23 Å². The van der Waals surface area contributed by atoms with E-state index in [1.807, 2.05) is 7.11 Å². The topological polar surface area (TPSA) is 15.7 Å². The van der Waals surface area contributed by atoms with Gasteiger partial charge in [0.15, 0.2) is 0 Å². The van der Waals surface area contributed by atoms with E-state index in [-0.39, 0.29) is 13.1 Å². The van der Waals surface area contributed by atoms with Crippen LogP contribution in [0.15, 0.2) is 85.0 Å². The number of allylic oxidation sites excluding steroid dienone is 4. The second-order valence-corrected chi connectivity index (χ2v) is 22.0. The molecule has 0 bridgehead atoms. The number of nitrogens with zero attached hydrogens (tertiary/aromatic N) is 2. The SMILES string of the molecule is CCC(CC)(c1cc(C)cc(C(C)(C)C)c1OC)[C]1([Y]([CH2]c2ccccc2N(C)C)[CH2]c2ccccc2N(C)C)C=CC=C1.